The van der Waals surface area contributed by atoms with Gasteiger partial charge in [-0.15, -0.1) is 0 Å². The number of likely N-dealkylation sites (N-methyl/N-ethyl adjacent to an activating group) is 1. The molecular weight excluding hydrogens is 256 g/mol. The summed E-state index contributed by atoms with van der Waals surface area (Å²) in [7, 11) is 1.79. The van der Waals surface area contributed by atoms with Crippen LogP contribution in [0.4, 0.5) is 11.5 Å². The van der Waals surface area contributed by atoms with Gasteiger partial charge in [0.25, 0.3) is 0 Å². The third-order valence-electron chi connectivity index (χ3n) is 3.25. The zero-order valence-corrected chi connectivity index (χ0v) is 10.8. The molecule has 0 aromatic carbocycles. The van der Waals surface area contributed by atoms with Crippen molar-refractivity contribution in [3.05, 3.63) is 27.4 Å². The molecule has 1 aromatic heterocycles. The van der Waals surface area contributed by atoms with Crippen LogP contribution in [0.15, 0.2) is 12.3 Å². The van der Waals surface area contributed by atoms with Crippen LogP contribution in [-0.2, 0) is 0 Å². The molecule has 1 atom stereocenters. The lowest BCUT2D eigenvalue weighted by Gasteiger charge is -2.27. The Balaban J connectivity index is 2.33. The van der Waals surface area contributed by atoms with Crippen LogP contribution in [0.1, 0.15) is 12.8 Å². The van der Waals surface area contributed by atoms with Gasteiger partial charge in [0.15, 0.2) is 0 Å². The molecule has 1 unspecified atom stereocenters. The van der Waals surface area contributed by atoms with Gasteiger partial charge in [-0.1, -0.05) is 11.6 Å². The van der Waals surface area contributed by atoms with E-state index in [1.165, 1.54) is 12.3 Å². The quantitative estimate of drug-likeness (QED) is 0.651. The molecule has 0 aliphatic heterocycles. The minimum Gasteiger partial charge on any atom is -0.349 e. The number of pyridine rings is 1. The molecule has 0 radical (unpaired) electrons. The van der Waals surface area contributed by atoms with Gasteiger partial charge in [0.1, 0.15) is 0 Å². The van der Waals surface area contributed by atoms with Crippen LogP contribution in [-0.4, -0.2) is 29.5 Å². The topological polar surface area (TPSA) is 85.3 Å². The molecule has 1 aromatic rings. The molecule has 2 rings (SSSR count). The van der Waals surface area contributed by atoms with Gasteiger partial charge < -0.3 is 10.6 Å². The summed E-state index contributed by atoms with van der Waals surface area (Å²) in [5, 5.41) is 11.3. The Kier molecular flexibility index (Phi) is 3.68. The van der Waals surface area contributed by atoms with Crippen molar-refractivity contribution in [1.82, 2.24) is 4.98 Å². The Morgan fingerprint density at radius 2 is 2.39 bits per heavy atom. The Bertz CT molecular complexity index is 464. The van der Waals surface area contributed by atoms with E-state index >= 15 is 0 Å². The largest absolute Gasteiger partial charge is 0.349 e. The predicted octanol–water partition coefficient (Wildman–Crippen LogP) is 1.82. The van der Waals surface area contributed by atoms with Crippen LogP contribution in [0.25, 0.3) is 0 Å². The number of nitro groups is 1. The Hall–Kier alpha value is -1.40. The number of aromatic nitrogens is 1. The third-order valence-corrected chi connectivity index (χ3v) is 3.46. The molecule has 1 aliphatic carbocycles. The number of anilines is 1. The monoisotopic (exact) mass is 270 g/mol. The first kappa shape index (κ1) is 13.0. The number of nitrogens with two attached hydrogens (primary N) is 1. The summed E-state index contributed by atoms with van der Waals surface area (Å²) >= 11 is 5.74. The van der Waals surface area contributed by atoms with Crippen molar-refractivity contribution in [2.24, 2.45) is 11.7 Å². The molecule has 1 saturated carbocycles. The van der Waals surface area contributed by atoms with Gasteiger partial charge in [-0.3, -0.25) is 10.1 Å². The van der Waals surface area contributed by atoms with Crippen LogP contribution in [0.5, 0.6) is 0 Å². The SMILES string of the molecule is CN(c1ncc(Cl)cc1[N+](=O)[O-])C(CN)C1CC1. The lowest BCUT2D eigenvalue weighted by molar-refractivity contribution is -0.384. The summed E-state index contributed by atoms with van der Waals surface area (Å²) in [6.07, 6.45) is 3.65. The molecule has 0 spiro atoms. The maximum atomic E-state index is 11.0. The number of nitrogens with zero attached hydrogens (tertiary/aromatic N) is 3. The minimum atomic E-state index is -0.467. The molecule has 6 nitrogen and oxygen atoms in total. The van der Waals surface area contributed by atoms with Crippen molar-refractivity contribution in [2.45, 2.75) is 18.9 Å². The second-order valence-corrected chi connectivity index (χ2v) is 4.94. The highest BCUT2D eigenvalue weighted by molar-refractivity contribution is 6.30. The molecule has 1 fully saturated rings. The van der Waals surface area contributed by atoms with E-state index in [0.29, 0.717) is 18.3 Å². The van der Waals surface area contributed by atoms with Crippen LogP contribution < -0.4 is 10.6 Å². The normalized spacial score (nSPS) is 16.4. The zero-order valence-electron chi connectivity index (χ0n) is 10.0. The van der Waals surface area contributed by atoms with Crippen LogP contribution in [0.2, 0.25) is 5.02 Å². The number of hydrogen-bond donors (Lipinski definition) is 1. The highest BCUT2D eigenvalue weighted by Gasteiger charge is 2.35. The fraction of sp³-hybridized carbons (Fsp3) is 0.545. The molecule has 2 N–H and O–H groups in total. The number of halogens is 1. The number of hydrogen-bond acceptors (Lipinski definition) is 5. The molecule has 98 valence electrons. The maximum Gasteiger partial charge on any atom is 0.313 e. The predicted molar refractivity (Wildman–Crippen MR) is 69.9 cm³/mol. The first-order valence-electron chi connectivity index (χ1n) is 5.77. The van der Waals surface area contributed by atoms with E-state index in [9.17, 15) is 10.1 Å². The zero-order chi connectivity index (χ0) is 13.3. The first-order valence-corrected chi connectivity index (χ1v) is 6.15. The van der Waals surface area contributed by atoms with Crippen molar-refractivity contribution >= 4 is 23.1 Å². The van der Waals surface area contributed by atoms with Gasteiger partial charge in [0.2, 0.25) is 5.82 Å². The van der Waals surface area contributed by atoms with Gasteiger partial charge in [-0.2, -0.15) is 0 Å². The highest BCUT2D eigenvalue weighted by Crippen LogP contribution is 2.38. The molecule has 7 heteroatoms. The molecule has 18 heavy (non-hydrogen) atoms. The first-order chi connectivity index (χ1) is 8.54. The van der Waals surface area contributed by atoms with E-state index in [1.807, 2.05) is 0 Å². The molecule has 0 saturated heterocycles. The molecule has 0 bridgehead atoms. The average molecular weight is 271 g/mol. The average Bonchev–Trinajstić information content (AvgIpc) is 3.14. The smallest absolute Gasteiger partial charge is 0.313 e. The van der Waals surface area contributed by atoms with Crippen molar-refractivity contribution in [1.29, 1.82) is 0 Å². The lowest BCUT2D eigenvalue weighted by Crippen LogP contribution is -2.40. The Labute approximate surface area is 110 Å². The van der Waals surface area contributed by atoms with Crippen LogP contribution >= 0.6 is 11.6 Å². The van der Waals surface area contributed by atoms with E-state index < -0.39 is 4.92 Å². The maximum absolute atomic E-state index is 11.0. The van der Waals surface area contributed by atoms with Gasteiger partial charge in [-0.25, -0.2) is 4.98 Å². The Morgan fingerprint density at radius 3 is 2.89 bits per heavy atom. The summed E-state index contributed by atoms with van der Waals surface area (Å²) in [4.78, 5) is 16.4. The molecular formula is C11H15ClN4O2. The summed E-state index contributed by atoms with van der Waals surface area (Å²) in [6, 6.07) is 1.42. The minimum absolute atomic E-state index is 0.0795. The lowest BCUT2D eigenvalue weighted by atomic mass is 10.1. The van der Waals surface area contributed by atoms with Gasteiger partial charge >= 0.3 is 5.69 Å². The summed E-state index contributed by atoms with van der Waals surface area (Å²) in [6.45, 7) is 0.461. The van der Waals surface area contributed by atoms with Crippen LogP contribution in [0.3, 0.4) is 0 Å². The van der Waals surface area contributed by atoms with Crippen molar-refractivity contribution in [2.75, 3.05) is 18.5 Å². The Morgan fingerprint density at radius 1 is 1.72 bits per heavy atom. The summed E-state index contributed by atoms with van der Waals surface area (Å²) in [5.74, 6) is 0.837. The number of rotatable bonds is 5. The van der Waals surface area contributed by atoms with Crippen molar-refractivity contribution in [3.63, 3.8) is 0 Å². The molecule has 1 aliphatic rings. The van der Waals surface area contributed by atoms with E-state index in [1.54, 1.807) is 11.9 Å². The van der Waals surface area contributed by atoms with Crippen molar-refractivity contribution in [3.8, 4) is 0 Å². The van der Waals surface area contributed by atoms with E-state index in [-0.39, 0.29) is 16.8 Å². The van der Waals surface area contributed by atoms with E-state index in [2.05, 4.69) is 4.98 Å². The van der Waals surface area contributed by atoms with E-state index in [4.69, 9.17) is 17.3 Å². The highest BCUT2D eigenvalue weighted by atomic mass is 35.5. The van der Waals surface area contributed by atoms with Crippen molar-refractivity contribution < 1.29 is 4.92 Å². The third kappa shape index (κ3) is 2.54. The fourth-order valence-electron chi connectivity index (χ4n) is 2.13. The van der Waals surface area contributed by atoms with Gasteiger partial charge in [0, 0.05) is 31.9 Å². The molecule has 1 heterocycles. The van der Waals surface area contributed by atoms with Gasteiger partial charge in [-0.05, 0) is 18.8 Å². The molecule has 0 amide bonds. The van der Waals surface area contributed by atoms with E-state index in [0.717, 1.165) is 12.8 Å². The van der Waals surface area contributed by atoms with Gasteiger partial charge in [0.05, 0.1) is 9.95 Å². The standard InChI is InChI=1S/C11H15ClN4O2/c1-15(10(5-13)7-2-3-7)11-9(16(17)18)4-8(12)6-14-11/h4,6-7,10H,2-3,5,13H2,1H3. The second-order valence-electron chi connectivity index (χ2n) is 4.50. The summed E-state index contributed by atoms with van der Waals surface area (Å²) in [5.41, 5.74) is 5.66. The fourth-order valence-corrected chi connectivity index (χ4v) is 2.28. The van der Waals surface area contributed by atoms with Crippen LogP contribution in [0, 0.1) is 16.0 Å². The second kappa shape index (κ2) is 5.07. The summed E-state index contributed by atoms with van der Waals surface area (Å²) < 4.78 is 0.